The molecule has 4 rings (SSSR count). The SMILES string of the molecule is O=C1NC(=Nc2ccc(Cl)cc2)/C(=C/c2cccn2-c2ccc([N+](=O)[O-])cc2)S1. The summed E-state index contributed by atoms with van der Waals surface area (Å²) >= 11 is 6.96. The van der Waals surface area contributed by atoms with Crippen molar-refractivity contribution in [1.29, 1.82) is 0 Å². The zero-order chi connectivity index (χ0) is 20.4. The molecule has 9 heteroatoms. The van der Waals surface area contributed by atoms with E-state index in [1.54, 1.807) is 36.4 Å². The first-order chi connectivity index (χ1) is 14.0. The molecular formula is C20H13ClN4O3S. The lowest BCUT2D eigenvalue weighted by atomic mass is 10.2. The van der Waals surface area contributed by atoms with Crippen LogP contribution in [0.2, 0.25) is 5.02 Å². The second-order valence-electron chi connectivity index (χ2n) is 6.04. The first kappa shape index (κ1) is 19.0. The van der Waals surface area contributed by atoms with Gasteiger partial charge in [0, 0.05) is 34.7 Å². The third-order valence-corrected chi connectivity index (χ3v) is 5.19. The molecule has 29 heavy (non-hydrogen) atoms. The number of nitro benzene ring substituents is 1. The minimum absolute atomic E-state index is 0.0272. The van der Waals surface area contributed by atoms with E-state index in [1.165, 1.54) is 12.1 Å². The highest BCUT2D eigenvalue weighted by molar-refractivity contribution is 8.18. The number of amidine groups is 1. The Kier molecular flexibility index (Phi) is 5.20. The van der Waals surface area contributed by atoms with Crippen LogP contribution in [0.1, 0.15) is 5.69 Å². The average molecular weight is 425 g/mol. The van der Waals surface area contributed by atoms with E-state index >= 15 is 0 Å². The third kappa shape index (κ3) is 4.23. The highest BCUT2D eigenvalue weighted by Crippen LogP contribution is 2.29. The first-order valence-corrected chi connectivity index (χ1v) is 9.66. The van der Waals surface area contributed by atoms with Gasteiger partial charge in [0.15, 0.2) is 0 Å². The molecule has 1 saturated heterocycles. The number of carbonyl (C=O) groups excluding carboxylic acids is 1. The molecule has 0 unspecified atom stereocenters. The van der Waals surface area contributed by atoms with Crippen molar-refractivity contribution in [3.8, 4) is 5.69 Å². The van der Waals surface area contributed by atoms with Crippen LogP contribution in [0.4, 0.5) is 16.2 Å². The average Bonchev–Trinajstić information content (AvgIpc) is 3.30. The van der Waals surface area contributed by atoms with Gasteiger partial charge in [0.1, 0.15) is 5.84 Å². The van der Waals surface area contributed by atoms with E-state index in [9.17, 15) is 14.9 Å². The van der Waals surface area contributed by atoms with Gasteiger partial charge in [-0.2, -0.15) is 0 Å². The van der Waals surface area contributed by atoms with Crippen molar-refractivity contribution in [3.63, 3.8) is 0 Å². The van der Waals surface area contributed by atoms with E-state index in [0.29, 0.717) is 21.5 Å². The van der Waals surface area contributed by atoms with Crippen LogP contribution in [-0.2, 0) is 0 Å². The smallest absolute Gasteiger partial charge is 0.289 e. The number of halogens is 1. The Morgan fingerprint density at radius 2 is 1.83 bits per heavy atom. The zero-order valence-electron chi connectivity index (χ0n) is 14.8. The van der Waals surface area contributed by atoms with Crippen molar-refractivity contribution in [2.75, 3.05) is 0 Å². The number of hydrogen-bond acceptors (Lipinski definition) is 5. The Hall–Kier alpha value is -3.36. The molecule has 2 aromatic carbocycles. The maximum absolute atomic E-state index is 11.9. The molecule has 0 saturated carbocycles. The Bertz CT molecular complexity index is 1150. The van der Waals surface area contributed by atoms with Crippen LogP contribution in [0.15, 0.2) is 76.8 Å². The van der Waals surface area contributed by atoms with Crippen LogP contribution < -0.4 is 5.32 Å². The maximum Gasteiger partial charge on any atom is 0.289 e. The molecule has 3 aromatic rings. The van der Waals surface area contributed by atoms with Crippen molar-refractivity contribution < 1.29 is 9.72 Å². The Morgan fingerprint density at radius 1 is 1.10 bits per heavy atom. The van der Waals surface area contributed by atoms with E-state index in [-0.39, 0.29) is 10.9 Å². The quantitative estimate of drug-likeness (QED) is 0.438. The largest absolute Gasteiger partial charge is 0.317 e. The number of aliphatic imine (C=N–C) groups is 1. The number of nitro groups is 1. The van der Waals surface area contributed by atoms with Gasteiger partial charge >= 0.3 is 0 Å². The number of aromatic nitrogens is 1. The molecule has 0 bridgehead atoms. The second kappa shape index (κ2) is 7.94. The summed E-state index contributed by atoms with van der Waals surface area (Å²) in [4.78, 5) is 27.5. The normalized spacial score (nSPS) is 16.4. The summed E-state index contributed by atoms with van der Waals surface area (Å²) in [5, 5.41) is 14.0. The molecule has 1 fully saturated rings. The number of thioether (sulfide) groups is 1. The third-order valence-electron chi connectivity index (χ3n) is 4.12. The summed E-state index contributed by atoms with van der Waals surface area (Å²) in [6.07, 6.45) is 3.69. The Morgan fingerprint density at radius 3 is 2.52 bits per heavy atom. The van der Waals surface area contributed by atoms with Crippen LogP contribution >= 0.6 is 23.4 Å². The predicted octanol–water partition coefficient (Wildman–Crippen LogP) is 5.57. The number of non-ortho nitro benzene ring substituents is 1. The fraction of sp³-hybridized carbons (Fsp3) is 0. The number of amides is 1. The van der Waals surface area contributed by atoms with E-state index in [1.807, 2.05) is 29.0 Å². The summed E-state index contributed by atoms with van der Waals surface area (Å²) in [5.74, 6) is 0.457. The molecule has 0 atom stereocenters. The fourth-order valence-electron chi connectivity index (χ4n) is 2.77. The van der Waals surface area contributed by atoms with Crippen LogP contribution in [0.25, 0.3) is 11.8 Å². The topological polar surface area (TPSA) is 89.5 Å². The molecule has 1 aromatic heterocycles. The minimum atomic E-state index is -0.436. The predicted molar refractivity (Wildman–Crippen MR) is 115 cm³/mol. The van der Waals surface area contributed by atoms with Crippen LogP contribution in [0, 0.1) is 10.1 Å². The number of hydrogen-bond donors (Lipinski definition) is 1. The molecule has 2 heterocycles. The molecule has 7 nitrogen and oxygen atoms in total. The second-order valence-corrected chi connectivity index (χ2v) is 7.49. The lowest BCUT2D eigenvalue weighted by Gasteiger charge is -2.07. The van der Waals surface area contributed by atoms with Gasteiger partial charge in [-0.25, -0.2) is 4.99 Å². The molecule has 1 aliphatic rings. The van der Waals surface area contributed by atoms with Crippen molar-refractivity contribution in [1.82, 2.24) is 9.88 Å². The van der Waals surface area contributed by atoms with E-state index in [0.717, 1.165) is 23.1 Å². The molecule has 1 aliphatic heterocycles. The maximum atomic E-state index is 11.9. The van der Waals surface area contributed by atoms with Gasteiger partial charge in [-0.05, 0) is 66.4 Å². The summed E-state index contributed by atoms with van der Waals surface area (Å²) in [5.41, 5.74) is 2.27. The first-order valence-electron chi connectivity index (χ1n) is 8.47. The van der Waals surface area contributed by atoms with Crippen LogP contribution in [0.3, 0.4) is 0 Å². The molecule has 0 radical (unpaired) electrons. The number of nitrogens with one attached hydrogen (secondary N) is 1. The van der Waals surface area contributed by atoms with E-state index in [4.69, 9.17) is 11.6 Å². The summed E-state index contributed by atoms with van der Waals surface area (Å²) in [6, 6.07) is 17.0. The lowest BCUT2D eigenvalue weighted by molar-refractivity contribution is -0.384. The van der Waals surface area contributed by atoms with Gasteiger partial charge in [-0.15, -0.1) is 0 Å². The zero-order valence-corrected chi connectivity index (χ0v) is 16.4. The Balaban J connectivity index is 1.68. The van der Waals surface area contributed by atoms with E-state index < -0.39 is 4.92 Å². The molecule has 0 spiro atoms. The minimum Gasteiger partial charge on any atom is -0.317 e. The summed E-state index contributed by atoms with van der Waals surface area (Å²) in [6.45, 7) is 0. The van der Waals surface area contributed by atoms with Gasteiger partial charge in [-0.1, -0.05) is 11.6 Å². The number of carbonyl (C=O) groups is 1. The molecule has 144 valence electrons. The van der Waals surface area contributed by atoms with Gasteiger partial charge in [0.2, 0.25) is 0 Å². The van der Waals surface area contributed by atoms with Crippen molar-refractivity contribution in [2.24, 2.45) is 4.99 Å². The molecule has 1 N–H and O–H groups in total. The van der Waals surface area contributed by atoms with Crippen LogP contribution in [0.5, 0.6) is 0 Å². The lowest BCUT2D eigenvalue weighted by Crippen LogP contribution is -2.18. The summed E-state index contributed by atoms with van der Waals surface area (Å²) < 4.78 is 1.87. The van der Waals surface area contributed by atoms with Crippen LogP contribution in [-0.4, -0.2) is 20.6 Å². The Labute approximate surface area is 174 Å². The number of benzene rings is 2. The molecule has 1 amide bonds. The molecule has 0 aliphatic carbocycles. The van der Waals surface area contributed by atoms with Gasteiger partial charge in [0.05, 0.1) is 15.5 Å². The van der Waals surface area contributed by atoms with Crippen molar-refractivity contribution >= 4 is 51.9 Å². The van der Waals surface area contributed by atoms with Gasteiger partial charge in [-0.3, -0.25) is 14.9 Å². The highest BCUT2D eigenvalue weighted by atomic mass is 35.5. The molecular weight excluding hydrogens is 412 g/mol. The standard InChI is InChI=1S/C20H13ClN4O3S/c21-13-3-5-14(6-4-13)22-19-18(29-20(26)23-19)12-17-2-1-11-24(17)15-7-9-16(10-8-15)25(27)28/h1-12H,(H,22,23,26)/b18-12-. The number of nitrogens with zero attached hydrogens (tertiary/aromatic N) is 3. The van der Waals surface area contributed by atoms with Gasteiger partial charge < -0.3 is 9.88 Å². The number of rotatable bonds is 4. The monoisotopic (exact) mass is 424 g/mol. The fourth-order valence-corrected chi connectivity index (χ4v) is 3.62. The van der Waals surface area contributed by atoms with Crippen molar-refractivity contribution in [3.05, 3.63) is 92.6 Å². The summed E-state index contributed by atoms with van der Waals surface area (Å²) in [7, 11) is 0. The van der Waals surface area contributed by atoms with E-state index in [2.05, 4.69) is 10.3 Å². The highest BCUT2D eigenvalue weighted by Gasteiger charge is 2.24. The van der Waals surface area contributed by atoms with Crippen molar-refractivity contribution in [2.45, 2.75) is 0 Å². The van der Waals surface area contributed by atoms with Gasteiger partial charge in [0.25, 0.3) is 10.9 Å².